The molecule has 1 aromatic carbocycles. The third-order valence-corrected chi connectivity index (χ3v) is 5.82. The Bertz CT molecular complexity index is 986. The fraction of sp³-hybridized carbons (Fsp3) is 0.316. The number of aromatic nitrogens is 2. The molecule has 2 aliphatic heterocycles. The summed E-state index contributed by atoms with van der Waals surface area (Å²) in [6.07, 6.45) is -1.66. The van der Waals surface area contributed by atoms with Crippen LogP contribution in [0.1, 0.15) is 16.5 Å². The summed E-state index contributed by atoms with van der Waals surface area (Å²) in [6, 6.07) is 5.55. The zero-order valence-corrected chi connectivity index (χ0v) is 17.5. The van der Waals surface area contributed by atoms with Gasteiger partial charge in [-0.2, -0.15) is 13.2 Å². The second kappa shape index (κ2) is 9.02. The van der Waals surface area contributed by atoms with Gasteiger partial charge in [0.1, 0.15) is 11.6 Å². The Labute approximate surface area is 180 Å². The highest BCUT2D eigenvalue weighted by Crippen LogP contribution is 2.43. The van der Waals surface area contributed by atoms with Crippen LogP contribution in [0.4, 0.5) is 19.0 Å². The van der Waals surface area contributed by atoms with E-state index in [1.165, 1.54) is 34.7 Å². The first-order chi connectivity index (χ1) is 14.6. The minimum Gasteiger partial charge on any atom is -0.449 e. The minimum absolute atomic E-state index is 0.0426. The first-order valence-electron chi connectivity index (χ1n) is 9.03. The Morgan fingerprint density at radius 3 is 2.52 bits per heavy atom. The highest BCUT2D eigenvalue weighted by atomic mass is 32.2. The Kier molecular flexibility index (Phi) is 6.60. The maximum absolute atomic E-state index is 12.5. The summed E-state index contributed by atoms with van der Waals surface area (Å²) in [5.74, 6) is -0.258. The summed E-state index contributed by atoms with van der Waals surface area (Å²) in [5, 5.41) is 13.7. The number of benzene rings is 1. The molecular formula is C19H20F3N5O3S. The number of rotatable bonds is 4. The van der Waals surface area contributed by atoms with Gasteiger partial charge in [-0.15, -0.1) is 0 Å². The van der Waals surface area contributed by atoms with Crippen LogP contribution in [0.15, 0.2) is 47.6 Å². The molecule has 8 nitrogen and oxygen atoms in total. The van der Waals surface area contributed by atoms with Crippen molar-refractivity contribution in [1.29, 1.82) is 0 Å². The van der Waals surface area contributed by atoms with Gasteiger partial charge >= 0.3 is 18.0 Å². The Morgan fingerprint density at radius 2 is 2.03 bits per heavy atom. The van der Waals surface area contributed by atoms with Gasteiger partial charge < -0.3 is 20.2 Å². The van der Waals surface area contributed by atoms with Crippen LogP contribution >= 0.6 is 11.8 Å². The van der Waals surface area contributed by atoms with E-state index in [2.05, 4.69) is 21.8 Å². The van der Waals surface area contributed by atoms with Gasteiger partial charge in [0.2, 0.25) is 0 Å². The van der Waals surface area contributed by atoms with E-state index in [9.17, 15) is 23.3 Å². The van der Waals surface area contributed by atoms with Gasteiger partial charge in [-0.25, -0.2) is 4.57 Å². The summed E-state index contributed by atoms with van der Waals surface area (Å²) in [5.41, 5.74) is 1.49. The Balaban J connectivity index is 0.000000196. The van der Waals surface area contributed by atoms with Crippen molar-refractivity contribution in [2.45, 2.75) is 11.6 Å². The van der Waals surface area contributed by atoms with E-state index >= 15 is 0 Å². The number of nitrogens with zero attached hydrogens (tertiary/aromatic N) is 4. The number of hydrogen-bond donors (Lipinski definition) is 1. The van der Waals surface area contributed by atoms with Gasteiger partial charge in [-0.05, 0) is 29.7 Å². The van der Waals surface area contributed by atoms with Crippen molar-refractivity contribution in [3.05, 3.63) is 68.9 Å². The van der Waals surface area contributed by atoms with Gasteiger partial charge in [-0.3, -0.25) is 4.90 Å². The van der Waals surface area contributed by atoms with E-state index in [4.69, 9.17) is 4.74 Å². The highest BCUT2D eigenvalue weighted by molar-refractivity contribution is 8.03. The molecule has 1 atom stereocenters. The number of methoxy groups -OCH3 is 1. The largest absolute Gasteiger partial charge is 0.449 e. The Morgan fingerprint density at radius 1 is 1.35 bits per heavy atom. The molecule has 12 heteroatoms. The molecule has 0 aliphatic carbocycles. The van der Waals surface area contributed by atoms with Crippen LogP contribution in [0.3, 0.4) is 0 Å². The molecule has 1 aromatic heterocycles. The second-order valence-corrected chi connectivity index (χ2v) is 7.97. The van der Waals surface area contributed by atoms with Crippen LogP contribution in [0.25, 0.3) is 6.20 Å². The van der Waals surface area contributed by atoms with Crippen LogP contribution < -0.4 is 10.1 Å². The third kappa shape index (κ3) is 5.20. The van der Waals surface area contributed by atoms with Crippen LogP contribution in [0.5, 0.6) is 6.01 Å². The fourth-order valence-electron chi connectivity index (χ4n) is 3.05. The number of hydrogen-bond acceptors (Lipinski definition) is 7. The molecule has 0 saturated carbocycles. The van der Waals surface area contributed by atoms with Crippen molar-refractivity contribution >= 4 is 23.8 Å². The van der Waals surface area contributed by atoms with Crippen LogP contribution in [-0.4, -0.2) is 46.6 Å². The number of alkyl halides is 3. The van der Waals surface area contributed by atoms with E-state index < -0.39 is 16.7 Å². The lowest BCUT2D eigenvalue weighted by atomic mass is 10.1. The molecule has 166 valence electrons. The quantitative estimate of drug-likeness (QED) is 0.549. The molecule has 1 unspecified atom stereocenters. The molecule has 3 heterocycles. The standard InChI is InChI=1S/C13H13F3N2S.C6H7N3O3/c1-18-6-10-11(7-18)19-12(17-10)8-2-4-9(5-3-8)13(14,15)16;1-3-8-4-5(9(10)11)7-6(8)12-2/h2-5,12,17H,6-7H2,1H3;3-4H,1H2,2H3. The minimum atomic E-state index is -4.27. The highest BCUT2D eigenvalue weighted by Gasteiger charge is 2.33. The number of nitro groups is 1. The normalized spacial score (nSPS) is 18.2. The van der Waals surface area contributed by atoms with Crippen molar-refractivity contribution in [2.24, 2.45) is 0 Å². The van der Waals surface area contributed by atoms with Gasteiger partial charge in [-0.1, -0.05) is 30.5 Å². The maximum atomic E-state index is 12.5. The molecule has 0 saturated heterocycles. The van der Waals surface area contributed by atoms with E-state index in [1.807, 2.05) is 7.05 Å². The predicted octanol–water partition coefficient (Wildman–Crippen LogP) is 4.10. The SMILES string of the molecule is C=Cn1cc([N+](=O)[O-])nc1OC.CN1CC2=C(C1)SC(c1ccc(C(F)(F)F)cc1)N2. The number of halogens is 3. The number of imidazole rings is 1. The van der Waals surface area contributed by atoms with Gasteiger partial charge in [0.25, 0.3) is 0 Å². The predicted molar refractivity (Wildman–Crippen MR) is 111 cm³/mol. The zero-order chi connectivity index (χ0) is 22.8. The molecule has 0 amide bonds. The maximum Gasteiger partial charge on any atom is 0.418 e. The van der Waals surface area contributed by atoms with Crippen LogP contribution in [0.2, 0.25) is 0 Å². The summed E-state index contributed by atoms with van der Waals surface area (Å²) in [6.45, 7) is 5.24. The Hall–Kier alpha value is -2.99. The number of likely N-dealkylation sites (N-methyl/N-ethyl adjacent to an activating group) is 1. The molecular weight excluding hydrogens is 435 g/mol. The monoisotopic (exact) mass is 455 g/mol. The molecule has 0 fully saturated rings. The average molecular weight is 455 g/mol. The van der Waals surface area contributed by atoms with Gasteiger partial charge in [0, 0.05) is 34.9 Å². The smallest absolute Gasteiger partial charge is 0.418 e. The third-order valence-electron chi connectivity index (χ3n) is 4.54. The van der Waals surface area contributed by atoms with E-state index in [0.29, 0.717) is 0 Å². The molecule has 1 N–H and O–H groups in total. The molecule has 0 radical (unpaired) electrons. The van der Waals surface area contributed by atoms with Crippen molar-refractivity contribution in [3.63, 3.8) is 0 Å². The van der Waals surface area contributed by atoms with Gasteiger partial charge in [0.15, 0.2) is 0 Å². The second-order valence-electron chi connectivity index (χ2n) is 6.77. The molecule has 2 aromatic rings. The summed E-state index contributed by atoms with van der Waals surface area (Å²) in [7, 11) is 3.43. The van der Waals surface area contributed by atoms with Crippen molar-refractivity contribution in [2.75, 3.05) is 27.2 Å². The van der Waals surface area contributed by atoms with Crippen LogP contribution in [0, 0.1) is 10.1 Å². The molecule has 4 rings (SSSR count). The van der Waals surface area contributed by atoms with E-state index in [0.717, 1.165) is 30.8 Å². The first-order valence-corrected chi connectivity index (χ1v) is 9.91. The number of ether oxygens (including phenoxy) is 1. The lowest BCUT2D eigenvalue weighted by molar-refractivity contribution is -0.389. The molecule has 0 spiro atoms. The lowest BCUT2D eigenvalue weighted by Gasteiger charge is -2.18. The summed E-state index contributed by atoms with van der Waals surface area (Å²) in [4.78, 5) is 16.7. The van der Waals surface area contributed by atoms with Crippen molar-refractivity contribution in [3.8, 4) is 6.01 Å². The van der Waals surface area contributed by atoms with E-state index in [1.54, 1.807) is 23.9 Å². The van der Waals surface area contributed by atoms with Gasteiger partial charge in [0.05, 0.1) is 12.7 Å². The van der Waals surface area contributed by atoms with Crippen molar-refractivity contribution in [1.82, 2.24) is 19.8 Å². The first kappa shape index (κ1) is 22.7. The molecule has 2 aliphatic rings. The lowest BCUT2D eigenvalue weighted by Crippen LogP contribution is -2.22. The summed E-state index contributed by atoms with van der Waals surface area (Å²) >= 11 is 1.70. The zero-order valence-electron chi connectivity index (χ0n) is 16.7. The summed E-state index contributed by atoms with van der Waals surface area (Å²) < 4.78 is 43.6. The fourth-order valence-corrected chi connectivity index (χ4v) is 4.39. The topological polar surface area (TPSA) is 85.5 Å². The van der Waals surface area contributed by atoms with Crippen LogP contribution in [-0.2, 0) is 6.18 Å². The van der Waals surface area contributed by atoms with E-state index in [-0.39, 0.29) is 17.2 Å². The average Bonchev–Trinajstić information content (AvgIpc) is 3.40. The van der Waals surface area contributed by atoms with Crippen molar-refractivity contribution < 1.29 is 22.8 Å². The number of nitrogens with one attached hydrogen (secondary N) is 1. The molecule has 31 heavy (non-hydrogen) atoms. The molecule has 0 bridgehead atoms. The number of thioether (sulfide) groups is 1.